The molecule has 0 bridgehead atoms. The molecule has 0 amide bonds. The van der Waals surface area contributed by atoms with Crippen LogP contribution in [-0.4, -0.2) is 57.7 Å². The molecule has 5 atom stereocenters. The first kappa shape index (κ1) is 19.4. The maximum absolute atomic E-state index is 12.4. The van der Waals surface area contributed by atoms with Crippen molar-refractivity contribution in [3.05, 3.63) is 39.2 Å². The molecule has 0 saturated carbocycles. The number of hydrogen-bond acceptors (Lipinski definition) is 8. The minimum atomic E-state index is -1.53. The second-order valence-electron chi connectivity index (χ2n) is 7.43. The molecule has 1 aromatic carbocycles. The molecule has 8 heteroatoms. The zero-order valence-corrected chi connectivity index (χ0v) is 15.5. The van der Waals surface area contributed by atoms with Crippen molar-refractivity contribution >= 4 is 11.0 Å². The Labute approximate surface area is 160 Å². The molecule has 152 valence electrons. The molecule has 0 spiro atoms. The molecule has 2 heterocycles. The van der Waals surface area contributed by atoms with Crippen molar-refractivity contribution in [2.75, 3.05) is 6.61 Å². The third-order valence-electron chi connectivity index (χ3n) is 5.68. The minimum Gasteiger partial charge on any atom is -0.462 e. The number of hydrogen-bond donors (Lipinski definition) is 4. The summed E-state index contributed by atoms with van der Waals surface area (Å²) >= 11 is 0. The van der Waals surface area contributed by atoms with E-state index in [4.69, 9.17) is 13.9 Å². The van der Waals surface area contributed by atoms with Crippen molar-refractivity contribution in [2.45, 2.75) is 63.3 Å². The molecule has 0 unspecified atom stereocenters. The zero-order chi connectivity index (χ0) is 20.0. The van der Waals surface area contributed by atoms with Gasteiger partial charge in [0.05, 0.1) is 6.61 Å². The second kappa shape index (κ2) is 7.46. The van der Waals surface area contributed by atoms with Gasteiger partial charge in [0.25, 0.3) is 0 Å². The summed E-state index contributed by atoms with van der Waals surface area (Å²) in [5.74, 6) is 0.315. The summed E-state index contributed by atoms with van der Waals surface area (Å²) in [5.41, 5.74) is 2.41. The maximum atomic E-state index is 12.4. The van der Waals surface area contributed by atoms with Crippen LogP contribution in [-0.2, 0) is 17.6 Å². The molecular weight excluding hydrogens is 368 g/mol. The first-order chi connectivity index (χ1) is 13.4. The smallest absolute Gasteiger partial charge is 0.339 e. The lowest BCUT2D eigenvalue weighted by Gasteiger charge is -2.39. The van der Waals surface area contributed by atoms with E-state index >= 15 is 0 Å². The van der Waals surface area contributed by atoms with E-state index in [9.17, 15) is 25.2 Å². The van der Waals surface area contributed by atoms with Gasteiger partial charge in [-0.2, -0.15) is 0 Å². The molecule has 4 N–H and O–H groups in total. The zero-order valence-electron chi connectivity index (χ0n) is 15.5. The fourth-order valence-corrected chi connectivity index (χ4v) is 4.04. The van der Waals surface area contributed by atoms with E-state index in [1.165, 1.54) is 0 Å². The summed E-state index contributed by atoms with van der Waals surface area (Å²) in [5, 5.41) is 40.2. The standard InChI is InChI=1S/C20H24O8/c1-9-13(26-20-17(24)16(23)15(22)14(8-21)27-20)7-6-11-10-4-2-3-5-12(10)19(25)28-18(9)11/h6-7,14-17,20-24H,2-5,8H2,1H3/t14-,15+,16+,17-,20+/m1/s1. The maximum Gasteiger partial charge on any atom is 0.339 e. The number of fused-ring (bicyclic) bond motifs is 3. The topological polar surface area (TPSA) is 130 Å². The Hall–Kier alpha value is -1.97. The number of aliphatic hydroxyl groups is 4. The Morgan fingerprint density at radius 1 is 1.07 bits per heavy atom. The molecule has 1 saturated heterocycles. The third kappa shape index (κ3) is 3.11. The van der Waals surface area contributed by atoms with Crippen LogP contribution in [0.5, 0.6) is 5.75 Å². The number of ether oxygens (including phenoxy) is 2. The highest BCUT2D eigenvalue weighted by Gasteiger charge is 2.44. The van der Waals surface area contributed by atoms with Gasteiger partial charge < -0.3 is 34.3 Å². The van der Waals surface area contributed by atoms with Gasteiger partial charge in [0.2, 0.25) is 6.29 Å². The molecule has 1 aliphatic heterocycles. The van der Waals surface area contributed by atoms with Gasteiger partial charge in [-0.1, -0.05) is 0 Å². The summed E-state index contributed by atoms with van der Waals surface area (Å²) in [6.07, 6.45) is -3.31. The van der Waals surface area contributed by atoms with Gasteiger partial charge in [-0.05, 0) is 50.3 Å². The summed E-state index contributed by atoms with van der Waals surface area (Å²) in [6.45, 7) is 1.20. The normalized spacial score (nSPS) is 30.2. The molecular formula is C20H24O8. The largest absolute Gasteiger partial charge is 0.462 e. The van der Waals surface area contributed by atoms with Crippen LogP contribution in [0, 0.1) is 6.92 Å². The summed E-state index contributed by atoms with van der Waals surface area (Å²) < 4.78 is 16.7. The highest BCUT2D eigenvalue weighted by atomic mass is 16.7. The van der Waals surface area contributed by atoms with Gasteiger partial charge >= 0.3 is 5.63 Å². The van der Waals surface area contributed by atoms with E-state index < -0.39 is 37.3 Å². The minimum absolute atomic E-state index is 0.315. The molecule has 1 aromatic heterocycles. The average Bonchev–Trinajstić information content (AvgIpc) is 2.71. The number of rotatable bonds is 3. The van der Waals surface area contributed by atoms with E-state index in [-0.39, 0.29) is 5.63 Å². The van der Waals surface area contributed by atoms with Gasteiger partial charge in [-0.25, -0.2) is 4.79 Å². The van der Waals surface area contributed by atoms with Crippen molar-refractivity contribution in [3.63, 3.8) is 0 Å². The Morgan fingerprint density at radius 3 is 2.50 bits per heavy atom. The summed E-state index contributed by atoms with van der Waals surface area (Å²) in [7, 11) is 0. The first-order valence-corrected chi connectivity index (χ1v) is 9.47. The Balaban J connectivity index is 1.70. The molecule has 1 aliphatic carbocycles. The molecule has 4 rings (SSSR count). The van der Waals surface area contributed by atoms with E-state index in [1.807, 2.05) is 6.07 Å². The summed E-state index contributed by atoms with van der Waals surface area (Å²) in [4.78, 5) is 12.4. The molecule has 2 aliphatic rings. The Bertz CT molecular complexity index is 934. The molecule has 1 fully saturated rings. The third-order valence-corrected chi connectivity index (χ3v) is 5.68. The van der Waals surface area contributed by atoms with Gasteiger partial charge in [0.1, 0.15) is 35.7 Å². The highest BCUT2D eigenvalue weighted by Crippen LogP contribution is 2.34. The fraction of sp³-hybridized carbons (Fsp3) is 0.550. The molecule has 8 nitrogen and oxygen atoms in total. The predicted octanol–water partition coefficient (Wildman–Crippen LogP) is 0.159. The van der Waals surface area contributed by atoms with Crippen molar-refractivity contribution in [3.8, 4) is 5.75 Å². The van der Waals surface area contributed by atoms with Crippen LogP contribution in [0.1, 0.15) is 29.5 Å². The van der Waals surface area contributed by atoms with Crippen LogP contribution in [0.15, 0.2) is 21.3 Å². The number of aryl methyl sites for hydroxylation is 2. The molecule has 0 radical (unpaired) electrons. The quantitative estimate of drug-likeness (QED) is 0.544. The lowest BCUT2D eigenvalue weighted by atomic mass is 9.90. The lowest BCUT2D eigenvalue weighted by molar-refractivity contribution is -0.277. The summed E-state index contributed by atoms with van der Waals surface area (Å²) in [6, 6.07) is 3.52. The van der Waals surface area contributed by atoms with E-state index in [0.717, 1.165) is 42.2 Å². The predicted molar refractivity (Wildman–Crippen MR) is 98.3 cm³/mol. The monoisotopic (exact) mass is 392 g/mol. The average molecular weight is 392 g/mol. The van der Waals surface area contributed by atoms with Crippen molar-refractivity contribution in [1.29, 1.82) is 0 Å². The van der Waals surface area contributed by atoms with Gasteiger partial charge in [-0.3, -0.25) is 0 Å². The highest BCUT2D eigenvalue weighted by molar-refractivity contribution is 5.86. The van der Waals surface area contributed by atoms with Crippen molar-refractivity contribution < 1.29 is 34.3 Å². The Morgan fingerprint density at radius 2 is 1.79 bits per heavy atom. The van der Waals surface area contributed by atoms with E-state index in [2.05, 4.69) is 0 Å². The fourth-order valence-electron chi connectivity index (χ4n) is 4.04. The van der Waals surface area contributed by atoms with Crippen molar-refractivity contribution in [1.82, 2.24) is 0 Å². The van der Waals surface area contributed by atoms with Crippen LogP contribution < -0.4 is 10.4 Å². The second-order valence-corrected chi connectivity index (χ2v) is 7.43. The molecule has 28 heavy (non-hydrogen) atoms. The first-order valence-electron chi connectivity index (χ1n) is 9.47. The van der Waals surface area contributed by atoms with Crippen LogP contribution in [0.4, 0.5) is 0 Å². The van der Waals surface area contributed by atoms with Crippen LogP contribution >= 0.6 is 0 Å². The Kier molecular flexibility index (Phi) is 5.15. The van der Waals surface area contributed by atoms with Crippen molar-refractivity contribution in [2.24, 2.45) is 0 Å². The van der Waals surface area contributed by atoms with Gasteiger partial charge in [0, 0.05) is 16.5 Å². The van der Waals surface area contributed by atoms with E-state index in [1.54, 1.807) is 13.0 Å². The SMILES string of the molecule is Cc1c(O[C@H]2O[C@H](CO)[C@H](O)[C@H](O)[C@H]2O)ccc2c3c(c(=O)oc12)CCCC3. The van der Waals surface area contributed by atoms with E-state index in [0.29, 0.717) is 16.9 Å². The van der Waals surface area contributed by atoms with Crippen LogP contribution in [0.3, 0.4) is 0 Å². The number of benzene rings is 1. The van der Waals surface area contributed by atoms with Crippen LogP contribution in [0.2, 0.25) is 0 Å². The van der Waals surface area contributed by atoms with Gasteiger partial charge in [0.15, 0.2) is 0 Å². The molecule has 2 aromatic rings. The number of aliphatic hydroxyl groups excluding tert-OH is 4. The lowest BCUT2D eigenvalue weighted by Crippen LogP contribution is -2.60. The van der Waals surface area contributed by atoms with Crippen LogP contribution in [0.25, 0.3) is 11.0 Å². The van der Waals surface area contributed by atoms with Gasteiger partial charge in [-0.15, -0.1) is 0 Å².